The summed E-state index contributed by atoms with van der Waals surface area (Å²) in [5, 5.41) is 3.02. The highest BCUT2D eigenvalue weighted by Crippen LogP contribution is 2.38. The summed E-state index contributed by atoms with van der Waals surface area (Å²) in [4.78, 5) is 14.5. The lowest BCUT2D eigenvalue weighted by atomic mass is 10.1. The number of ether oxygens (including phenoxy) is 3. The third-order valence-electron chi connectivity index (χ3n) is 4.45. The zero-order valence-electron chi connectivity index (χ0n) is 17.4. The van der Waals surface area contributed by atoms with Crippen LogP contribution >= 0.6 is 0 Å². The van der Waals surface area contributed by atoms with Crippen molar-refractivity contribution in [1.29, 1.82) is 0 Å². The van der Waals surface area contributed by atoms with Crippen LogP contribution in [-0.4, -0.2) is 46.2 Å². The molecule has 1 amide bonds. The lowest BCUT2D eigenvalue weighted by Gasteiger charge is -2.15. The maximum atomic E-state index is 12.3. The highest BCUT2D eigenvalue weighted by Gasteiger charge is 2.14. The molecule has 0 aliphatic rings. The van der Waals surface area contributed by atoms with E-state index in [-0.39, 0.29) is 5.91 Å². The van der Waals surface area contributed by atoms with E-state index in [9.17, 15) is 4.79 Å². The number of nitrogens with zero attached hydrogens (tertiary/aromatic N) is 1. The minimum absolute atomic E-state index is 0.00779. The molecular formula is C22H30N2O4. The number of carbonyl (C=O) groups is 1. The zero-order chi connectivity index (χ0) is 20.5. The van der Waals surface area contributed by atoms with Crippen molar-refractivity contribution in [3.05, 3.63) is 53.1 Å². The first kappa shape index (κ1) is 21.6. The fourth-order valence-electron chi connectivity index (χ4n) is 3.04. The summed E-state index contributed by atoms with van der Waals surface area (Å²) in [5.74, 6) is 1.74. The molecule has 0 saturated carbocycles. The van der Waals surface area contributed by atoms with Crippen LogP contribution in [0.5, 0.6) is 17.2 Å². The second kappa shape index (κ2) is 10.6. The third-order valence-corrected chi connectivity index (χ3v) is 4.45. The van der Waals surface area contributed by atoms with Crippen LogP contribution in [0, 0.1) is 0 Å². The van der Waals surface area contributed by atoms with E-state index in [0.29, 0.717) is 36.6 Å². The molecule has 152 valence electrons. The van der Waals surface area contributed by atoms with E-state index in [1.807, 2.05) is 38.4 Å². The van der Waals surface area contributed by atoms with Gasteiger partial charge in [-0.3, -0.25) is 4.79 Å². The molecule has 0 aliphatic carbocycles. The molecule has 28 heavy (non-hydrogen) atoms. The molecule has 1 N–H and O–H groups in total. The second-order valence-electron chi connectivity index (χ2n) is 6.82. The lowest BCUT2D eigenvalue weighted by molar-refractivity contribution is -0.121. The summed E-state index contributed by atoms with van der Waals surface area (Å²) in [6, 6.07) is 11.9. The van der Waals surface area contributed by atoms with Crippen LogP contribution in [0.25, 0.3) is 0 Å². The number of carbonyl (C=O) groups excluding carboxylic acids is 1. The van der Waals surface area contributed by atoms with Gasteiger partial charge in [0.1, 0.15) is 0 Å². The monoisotopic (exact) mass is 386 g/mol. The normalized spacial score (nSPS) is 10.6. The molecule has 0 atom stereocenters. The Labute approximate surface area is 167 Å². The number of hydrogen-bond donors (Lipinski definition) is 1. The maximum Gasteiger partial charge on any atom is 0.220 e. The van der Waals surface area contributed by atoms with Gasteiger partial charge in [0.25, 0.3) is 0 Å². The first-order chi connectivity index (χ1) is 13.5. The van der Waals surface area contributed by atoms with E-state index >= 15 is 0 Å². The number of rotatable bonds is 10. The van der Waals surface area contributed by atoms with Crippen molar-refractivity contribution in [2.75, 3.05) is 35.4 Å². The van der Waals surface area contributed by atoms with Crippen molar-refractivity contribution in [2.45, 2.75) is 25.9 Å². The Kier molecular flexibility index (Phi) is 8.14. The number of nitrogens with one attached hydrogen (secondary N) is 1. The van der Waals surface area contributed by atoms with Gasteiger partial charge in [0, 0.05) is 19.5 Å². The summed E-state index contributed by atoms with van der Waals surface area (Å²) in [6.45, 7) is 1.37. The predicted octanol–water partition coefficient (Wildman–Crippen LogP) is 3.02. The Hall–Kier alpha value is -2.73. The first-order valence-electron chi connectivity index (χ1n) is 9.25. The average Bonchev–Trinajstić information content (AvgIpc) is 2.70. The highest BCUT2D eigenvalue weighted by molar-refractivity contribution is 5.76. The highest BCUT2D eigenvalue weighted by atomic mass is 16.5. The van der Waals surface area contributed by atoms with Crippen LogP contribution in [0.1, 0.15) is 23.1 Å². The smallest absolute Gasteiger partial charge is 0.220 e. The van der Waals surface area contributed by atoms with E-state index in [0.717, 1.165) is 17.7 Å². The van der Waals surface area contributed by atoms with Crippen LogP contribution in [0.2, 0.25) is 0 Å². The van der Waals surface area contributed by atoms with Crippen molar-refractivity contribution < 1.29 is 19.0 Å². The SMILES string of the molecule is COc1cc(CCC(=O)NCc2ccccc2CN(C)C)cc(OC)c1OC. The molecule has 0 fully saturated rings. The molecule has 0 heterocycles. The van der Waals surface area contributed by atoms with Gasteiger partial charge in [-0.15, -0.1) is 0 Å². The molecule has 0 bridgehead atoms. The van der Waals surface area contributed by atoms with E-state index < -0.39 is 0 Å². The number of methoxy groups -OCH3 is 3. The fraction of sp³-hybridized carbons (Fsp3) is 0.409. The van der Waals surface area contributed by atoms with Gasteiger partial charge in [-0.05, 0) is 49.3 Å². The molecule has 0 saturated heterocycles. The third kappa shape index (κ3) is 5.89. The largest absolute Gasteiger partial charge is 0.493 e. The molecule has 2 aromatic carbocycles. The van der Waals surface area contributed by atoms with Crippen molar-refractivity contribution in [1.82, 2.24) is 10.2 Å². The van der Waals surface area contributed by atoms with Gasteiger partial charge in [0.2, 0.25) is 11.7 Å². The quantitative estimate of drug-likeness (QED) is 0.680. The molecule has 0 aromatic heterocycles. The van der Waals surface area contributed by atoms with Gasteiger partial charge in [-0.2, -0.15) is 0 Å². The molecular weight excluding hydrogens is 356 g/mol. The summed E-state index contributed by atoms with van der Waals surface area (Å²) in [7, 11) is 8.80. The molecule has 2 rings (SSSR count). The maximum absolute atomic E-state index is 12.3. The van der Waals surface area contributed by atoms with Gasteiger partial charge in [-0.25, -0.2) is 0 Å². The standard InChI is InChI=1S/C22H30N2O4/c1-24(2)15-18-9-7-6-8-17(18)14-23-21(25)11-10-16-12-19(26-3)22(28-5)20(13-16)27-4/h6-9,12-13H,10-11,14-15H2,1-5H3,(H,23,25). The summed E-state index contributed by atoms with van der Waals surface area (Å²) in [5.41, 5.74) is 3.31. The Morgan fingerprint density at radius 3 is 2.11 bits per heavy atom. The second-order valence-corrected chi connectivity index (χ2v) is 6.82. The van der Waals surface area contributed by atoms with E-state index in [4.69, 9.17) is 14.2 Å². The van der Waals surface area contributed by atoms with Crippen LogP contribution in [0.15, 0.2) is 36.4 Å². The topological polar surface area (TPSA) is 60.0 Å². The molecule has 0 spiro atoms. The van der Waals surface area contributed by atoms with Crippen LogP contribution in [-0.2, 0) is 24.3 Å². The summed E-state index contributed by atoms with van der Waals surface area (Å²) in [6.07, 6.45) is 0.969. The Morgan fingerprint density at radius 2 is 1.57 bits per heavy atom. The number of hydrogen-bond acceptors (Lipinski definition) is 5. The molecule has 0 radical (unpaired) electrons. The Bertz CT molecular complexity index is 765. The van der Waals surface area contributed by atoms with Crippen molar-refractivity contribution in [3.63, 3.8) is 0 Å². The lowest BCUT2D eigenvalue weighted by Crippen LogP contribution is -2.24. The van der Waals surface area contributed by atoms with Crippen LogP contribution in [0.4, 0.5) is 0 Å². The average molecular weight is 386 g/mol. The van der Waals surface area contributed by atoms with Crippen molar-refractivity contribution in [2.24, 2.45) is 0 Å². The minimum Gasteiger partial charge on any atom is -0.493 e. The summed E-state index contributed by atoms with van der Waals surface area (Å²) >= 11 is 0. The Morgan fingerprint density at radius 1 is 0.964 bits per heavy atom. The Balaban J connectivity index is 1.96. The van der Waals surface area contributed by atoms with Gasteiger partial charge in [-0.1, -0.05) is 24.3 Å². The van der Waals surface area contributed by atoms with Gasteiger partial charge >= 0.3 is 0 Å². The molecule has 6 nitrogen and oxygen atoms in total. The minimum atomic E-state index is 0.00779. The number of aryl methyl sites for hydroxylation is 1. The van der Waals surface area contributed by atoms with E-state index in [1.165, 1.54) is 5.56 Å². The molecule has 2 aromatic rings. The summed E-state index contributed by atoms with van der Waals surface area (Å²) < 4.78 is 16.1. The zero-order valence-corrected chi connectivity index (χ0v) is 17.4. The van der Waals surface area contributed by atoms with Crippen LogP contribution in [0.3, 0.4) is 0 Å². The van der Waals surface area contributed by atoms with Gasteiger partial charge in [0.15, 0.2) is 11.5 Å². The molecule has 6 heteroatoms. The number of benzene rings is 2. The molecule has 0 aliphatic heterocycles. The predicted molar refractivity (Wildman–Crippen MR) is 110 cm³/mol. The molecule has 0 unspecified atom stereocenters. The van der Waals surface area contributed by atoms with Crippen molar-refractivity contribution >= 4 is 5.91 Å². The van der Waals surface area contributed by atoms with Gasteiger partial charge < -0.3 is 24.4 Å². The van der Waals surface area contributed by atoms with Crippen LogP contribution < -0.4 is 19.5 Å². The van der Waals surface area contributed by atoms with Gasteiger partial charge in [0.05, 0.1) is 21.3 Å². The fourth-order valence-corrected chi connectivity index (χ4v) is 3.04. The van der Waals surface area contributed by atoms with E-state index in [2.05, 4.69) is 22.3 Å². The first-order valence-corrected chi connectivity index (χ1v) is 9.25. The van der Waals surface area contributed by atoms with Crippen molar-refractivity contribution in [3.8, 4) is 17.2 Å². The van der Waals surface area contributed by atoms with E-state index in [1.54, 1.807) is 21.3 Å². The number of amides is 1.